The summed E-state index contributed by atoms with van der Waals surface area (Å²) in [7, 11) is 0. The molecule has 0 bridgehead atoms. The molecule has 0 saturated carbocycles. The van der Waals surface area contributed by atoms with Crippen molar-refractivity contribution in [3.8, 4) is 11.4 Å². The molecule has 0 unspecified atom stereocenters. The van der Waals surface area contributed by atoms with Gasteiger partial charge in [-0.05, 0) is 17.9 Å². The van der Waals surface area contributed by atoms with Gasteiger partial charge in [0.15, 0.2) is 0 Å². The number of hydrogen-bond acceptors (Lipinski definition) is 2. The zero-order valence-electron chi connectivity index (χ0n) is 9.64. The Morgan fingerprint density at radius 2 is 2.12 bits per heavy atom. The molecule has 1 aromatic carbocycles. The summed E-state index contributed by atoms with van der Waals surface area (Å²) in [4.78, 5) is 12.0. The van der Waals surface area contributed by atoms with Crippen LogP contribution in [0.5, 0.6) is 0 Å². The first-order valence-electron chi connectivity index (χ1n) is 5.76. The van der Waals surface area contributed by atoms with E-state index in [9.17, 15) is 0 Å². The standard InChI is InChI=1S/C14H13N3/c1-2-11-7-10-5-3-4-6-12(10)14(17-11)13-8-15-9-16-13/h3-9H,2H2,1H3,(H,15,16). The number of fused-ring (bicyclic) bond motifs is 1. The average Bonchev–Trinajstić information content (AvgIpc) is 2.91. The maximum absolute atomic E-state index is 4.68. The first kappa shape index (κ1) is 10.0. The molecule has 0 atom stereocenters. The molecule has 17 heavy (non-hydrogen) atoms. The van der Waals surface area contributed by atoms with Crippen LogP contribution < -0.4 is 0 Å². The van der Waals surface area contributed by atoms with Gasteiger partial charge in [-0.15, -0.1) is 0 Å². The lowest BCUT2D eigenvalue weighted by molar-refractivity contribution is 1.05. The Kier molecular flexibility index (Phi) is 2.37. The number of imidazole rings is 1. The normalized spacial score (nSPS) is 10.9. The monoisotopic (exact) mass is 223 g/mol. The van der Waals surface area contributed by atoms with Crippen LogP contribution in [0.25, 0.3) is 22.2 Å². The molecule has 0 amide bonds. The molecular weight excluding hydrogens is 210 g/mol. The van der Waals surface area contributed by atoms with Crippen molar-refractivity contribution in [1.29, 1.82) is 0 Å². The van der Waals surface area contributed by atoms with Crippen molar-refractivity contribution in [2.75, 3.05) is 0 Å². The summed E-state index contributed by atoms with van der Waals surface area (Å²) in [6.45, 7) is 2.12. The first-order chi connectivity index (χ1) is 8.38. The minimum atomic E-state index is 0.900. The largest absolute Gasteiger partial charge is 0.351 e. The van der Waals surface area contributed by atoms with Crippen molar-refractivity contribution in [2.45, 2.75) is 13.3 Å². The number of benzene rings is 1. The van der Waals surface area contributed by atoms with Crippen molar-refractivity contribution in [3.05, 3.63) is 48.5 Å². The van der Waals surface area contributed by atoms with Gasteiger partial charge in [0.2, 0.25) is 0 Å². The SMILES string of the molecule is CCc1cc2ccccc2c(-c2c[nH]cn2)n1. The summed E-state index contributed by atoms with van der Waals surface area (Å²) < 4.78 is 0. The molecule has 2 aromatic heterocycles. The molecule has 0 aliphatic carbocycles. The van der Waals surface area contributed by atoms with Crippen LogP contribution in [-0.2, 0) is 6.42 Å². The second kappa shape index (κ2) is 4.01. The predicted molar refractivity (Wildman–Crippen MR) is 68.7 cm³/mol. The van der Waals surface area contributed by atoms with Gasteiger partial charge in [0.05, 0.1) is 12.0 Å². The molecule has 0 aliphatic heterocycles. The van der Waals surface area contributed by atoms with E-state index in [1.165, 1.54) is 5.39 Å². The number of pyridine rings is 1. The predicted octanol–water partition coefficient (Wildman–Crippen LogP) is 3.19. The maximum atomic E-state index is 4.68. The summed E-state index contributed by atoms with van der Waals surface area (Å²) in [5, 5.41) is 2.37. The van der Waals surface area contributed by atoms with Crippen molar-refractivity contribution in [3.63, 3.8) is 0 Å². The van der Waals surface area contributed by atoms with E-state index in [4.69, 9.17) is 0 Å². The van der Waals surface area contributed by atoms with Crippen LogP contribution in [0.2, 0.25) is 0 Å². The number of rotatable bonds is 2. The minimum Gasteiger partial charge on any atom is -0.351 e. The Labute approximate surface area is 99.5 Å². The fourth-order valence-corrected chi connectivity index (χ4v) is 2.02. The van der Waals surface area contributed by atoms with Gasteiger partial charge in [-0.25, -0.2) is 4.98 Å². The highest BCUT2D eigenvalue weighted by Gasteiger charge is 2.08. The first-order valence-corrected chi connectivity index (χ1v) is 5.76. The molecule has 2 heterocycles. The van der Waals surface area contributed by atoms with Gasteiger partial charge < -0.3 is 4.98 Å². The van der Waals surface area contributed by atoms with Crippen LogP contribution >= 0.6 is 0 Å². The van der Waals surface area contributed by atoms with E-state index in [0.29, 0.717) is 0 Å². The number of hydrogen-bond donors (Lipinski definition) is 1. The van der Waals surface area contributed by atoms with Crippen molar-refractivity contribution in [2.24, 2.45) is 0 Å². The lowest BCUT2D eigenvalue weighted by atomic mass is 10.1. The molecule has 3 nitrogen and oxygen atoms in total. The van der Waals surface area contributed by atoms with Crippen molar-refractivity contribution in [1.82, 2.24) is 15.0 Å². The van der Waals surface area contributed by atoms with Crippen molar-refractivity contribution >= 4 is 10.8 Å². The molecular formula is C14H13N3. The highest BCUT2D eigenvalue weighted by molar-refractivity contribution is 5.93. The molecule has 3 aromatic rings. The Bertz CT molecular complexity index is 642. The fraction of sp³-hybridized carbons (Fsp3) is 0.143. The quantitative estimate of drug-likeness (QED) is 0.725. The van der Waals surface area contributed by atoms with Gasteiger partial charge >= 0.3 is 0 Å². The second-order valence-corrected chi connectivity index (χ2v) is 3.99. The van der Waals surface area contributed by atoms with E-state index in [0.717, 1.165) is 28.9 Å². The molecule has 0 fully saturated rings. The van der Waals surface area contributed by atoms with Gasteiger partial charge in [-0.2, -0.15) is 0 Å². The van der Waals surface area contributed by atoms with Crippen LogP contribution in [0.3, 0.4) is 0 Å². The van der Waals surface area contributed by atoms with E-state index >= 15 is 0 Å². The lowest BCUT2D eigenvalue weighted by Crippen LogP contribution is -1.92. The molecule has 84 valence electrons. The number of nitrogens with one attached hydrogen (secondary N) is 1. The molecule has 0 radical (unpaired) electrons. The van der Waals surface area contributed by atoms with E-state index in [1.807, 2.05) is 12.3 Å². The Morgan fingerprint density at radius 1 is 1.24 bits per heavy atom. The third kappa shape index (κ3) is 1.69. The zero-order valence-corrected chi connectivity index (χ0v) is 9.64. The van der Waals surface area contributed by atoms with E-state index in [2.05, 4.69) is 46.1 Å². The molecule has 3 heteroatoms. The Balaban J connectivity index is 2.35. The fourth-order valence-electron chi connectivity index (χ4n) is 2.02. The topological polar surface area (TPSA) is 41.6 Å². The minimum absolute atomic E-state index is 0.900. The summed E-state index contributed by atoms with van der Waals surface area (Å²) in [5.74, 6) is 0. The summed E-state index contributed by atoms with van der Waals surface area (Å²) in [5.41, 5.74) is 2.96. The number of aromatic amines is 1. The smallest absolute Gasteiger partial charge is 0.107 e. The van der Waals surface area contributed by atoms with Crippen molar-refractivity contribution < 1.29 is 0 Å². The maximum Gasteiger partial charge on any atom is 0.107 e. The van der Waals surface area contributed by atoms with Gasteiger partial charge in [-0.3, -0.25) is 4.98 Å². The third-order valence-corrected chi connectivity index (χ3v) is 2.90. The number of aromatic nitrogens is 3. The molecule has 0 spiro atoms. The molecule has 0 aliphatic rings. The van der Waals surface area contributed by atoms with Crippen LogP contribution in [0, 0.1) is 0 Å². The summed E-state index contributed by atoms with van der Waals surface area (Å²) in [6.07, 6.45) is 4.50. The van der Waals surface area contributed by atoms with E-state index in [-0.39, 0.29) is 0 Å². The third-order valence-electron chi connectivity index (χ3n) is 2.90. The summed E-state index contributed by atoms with van der Waals surface area (Å²) in [6, 6.07) is 10.4. The zero-order chi connectivity index (χ0) is 11.7. The number of nitrogens with zero attached hydrogens (tertiary/aromatic N) is 2. The number of H-pyrrole nitrogens is 1. The van der Waals surface area contributed by atoms with Crippen LogP contribution in [-0.4, -0.2) is 15.0 Å². The van der Waals surface area contributed by atoms with Crippen LogP contribution in [0.15, 0.2) is 42.9 Å². The Hall–Kier alpha value is -2.16. The van der Waals surface area contributed by atoms with E-state index in [1.54, 1.807) is 6.33 Å². The Morgan fingerprint density at radius 3 is 2.88 bits per heavy atom. The van der Waals surface area contributed by atoms with Gasteiger partial charge in [0.1, 0.15) is 5.69 Å². The highest BCUT2D eigenvalue weighted by Crippen LogP contribution is 2.25. The second-order valence-electron chi connectivity index (χ2n) is 3.99. The molecule has 3 rings (SSSR count). The van der Waals surface area contributed by atoms with Crippen LogP contribution in [0.1, 0.15) is 12.6 Å². The van der Waals surface area contributed by atoms with E-state index < -0.39 is 0 Å². The average molecular weight is 223 g/mol. The van der Waals surface area contributed by atoms with Gasteiger partial charge in [0, 0.05) is 17.3 Å². The molecule has 1 N–H and O–H groups in total. The molecule has 0 saturated heterocycles. The van der Waals surface area contributed by atoms with Gasteiger partial charge in [-0.1, -0.05) is 31.2 Å². The summed E-state index contributed by atoms with van der Waals surface area (Å²) >= 11 is 0. The van der Waals surface area contributed by atoms with Gasteiger partial charge in [0.25, 0.3) is 0 Å². The number of aryl methyl sites for hydroxylation is 1. The lowest BCUT2D eigenvalue weighted by Gasteiger charge is -2.06. The highest BCUT2D eigenvalue weighted by atomic mass is 14.9. The van der Waals surface area contributed by atoms with Crippen LogP contribution in [0.4, 0.5) is 0 Å².